The summed E-state index contributed by atoms with van der Waals surface area (Å²) in [5.74, 6) is 1.69. The SMILES string of the molecule is CC(CN=NCC(C1=NCCN1CCO)C(Cl)Cl)C1=NCCN1CCO. The minimum absolute atomic E-state index is 0.0620. The molecule has 0 radical (unpaired) electrons. The Kier molecular flexibility index (Phi) is 9.04. The van der Waals surface area contributed by atoms with Gasteiger partial charge in [0.25, 0.3) is 0 Å². The molecule has 0 bridgehead atoms. The molecule has 0 spiro atoms. The molecule has 8 nitrogen and oxygen atoms in total. The van der Waals surface area contributed by atoms with Crippen molar-refractivity contribution in [2.24, 2.45) is 32.0 Å². The van der Waals surface area contributed by atoms with Crippen LogP contribution in [0.25, 0.3) is 0 Å². The number of halogens is 2. The molecule has 2 unspecified atom stereocenters. The first-order valence-corrected chi connectivity index (χ1v) is 9.87. The third-order valence-electron chi connectivity index (χ3n) is 4.49. The molecule has 0 aromatic carbocycles. The molecule has 2 N–H and O–H groups in total. The van der Waals surface area contributed by atoms with Gasteiger partial charge < -0.3 is 20.0 Å². The number of alkyl halides is 2. The van der Waals surface area contributed by atoms with Crippen molar-refractivity contribution >= 4 is 34.9 Å². The third kappa shape index (κ3) is 5.77. The van der Waals surface area contributed by atoms with E-state index in [4.69, 9.17) is 33.4 Å². The summed E-state index contributed by atoms with van der Waals surface area (Å²) in [7, 11) is 0. The van der Waals surface area contributed by atoms with Crippen LogP contribution < -0.4 is 0 Å². The Bertz CT molecular complexity index is 529. The van der Waals surface area contributed by atoms with Crippen LogP contribution in [0.5, 0.6) is 0 Å². The van der Waals surface area contributed by atoms with Gasteiger partial charge in [-0.25, -0.2) is 0 Å². The summed E-state index contributed by atoms with van der Waals surface area (Å²) in [5.41, 5.74) is 0. The zero-order chi connectivity index (χ0) is 18.9. The molecule has 2 rings (SSSR count). The first kappa shape index (κ1) is 21.3. The predicted octanol–water partition coefficient (Wildman–Crippen LogP) is 0.907. The lowest BCUT2D eigenvalue weighted by molar-refractivity contribution is 0.253. The maximum atomic E-state index is 9.17. The van der Waals surface area contributed by atoms with Crippen LogP contribution in [-0.2, 0) is 0 Å². The topological polar surface area (TPSA) is 96.4 Å². The average molecular weight is 407 g/mol. The van der Waals surface area contributed by atoms with Gasteiger partial charge in [-0.05, 0) is 0 Å². The van der Waals surface area contributed by atoms with E-state index in [1.54, 1.807) is 0 Å². The van der Waals surface area contributed by atoms with Gasteiger partial charge in [-0.15, -0.1) is 23.2 Å². The van der Waals surface area contributed by atoms with Crippen molar-refractivity contribution in [1.82, 2.24) is 9.80 Å². The number of rotatable bonds is 11. The molecular weight excluding hydrogens is 379 g/mol. The van der Waals surface area contributed by atoms with Gasteiger partial charge in [-0.3, -0.25) is 9.98 Å². The summed E-state index contributed by atoms with van der Waals surface area (Å²) in [6, 6.07) is 0. The van der Waals surface area contributed by atoms with Crippen LogP contribution >= 0.6 is 23.2 Å². The van der Waals surface area contributed by atoms with Crippen LogP contribution in [0.3, 0.4) is 0 Å². The van der Waals surface area contributed by atoms with Crippen LogP contribution in [0, 0.1) is 11.8 Å². The number of aliphatic hydroxyl groups is 2. The molecular formula is C16H28Cl2N6O2. The van der Waals surface area contributed by atoms with E-state index >= 15 is 0 Å². The first-order valence-electron chi connectivity index (χ1n) is 9.00. The van der Waals surface area contributed by atoms with Crippen LogP contribution in [0.1, 0.15) is 6.92 Å². The Hall–Kier alpha value is -0.960. The standard InChI is InChI=1S/C16H28Cl2N6O2/c1-12(15-19-2-4-23(15)6-8-25)10-21-22-11-13(14(17)18)16-20-3-5-24(16)7-9-26/h12-14,25-26H,2-11H2,1H3. The summed E-state index contributed by atoms with van der Waals surface area (Å²) in [6.45, 7) is 7.30. The molecule has 0 aromatic rings. The van der Waals surface area contributed by atoms with E-state index in [1.807, 2.05) is 4.90 Å². The van der Waals surface area contributed by atoms with Gasteiger partial charge in [-0.2, -0.15) is 10.2 Å². The molecule has 0 saturated carbocycles. The quantitative estimate of drug-likeness (QED) is 0.393. The van der Waals surface area contributed by atoms with Gasteiger partial charge in [0, 0.05) is 32.1 Å². The Balaban J connectivity index is 1.87. The van der Waals surface area contributed by atoms with Crippen LogP contribution in [0.2, 0.25) is 0 Å². The molecule has 26 heavy (non-hydrogen) atoms. The molecule has 2 heterocycles. The van der Waals surface area contributed by atoms with Gasteiger partial charge in [0.2, 0.25) is 0 Å². The number of azo groups is 1. The highest BCUT2D eigenvalue weighted by Gasteiger charge is 2.30. The Morgan fingerprint density at radius 2 is 1.50 bits per heavy atom. The fourth-order valence-corrected chi connectivity index (χ4v) is 3.58. The normalized spacial score (nSPS) is 20.2. The van der Waals surface area contributed by atoms with E-state index in [-0.39, 0.29) is 25.0 Å². The highest BCUT2D eigenvalue weighted by molar-refractivity contribution is 6.45. The van der Waals surface area contributed by atoms with E-state index in [0.717, 1.165) is 31.3 Å². The number of β-amino-alcohol motifs (C(OH)–C–C–N with tert-alkyl or cyclic N) is 2. The molecule has 2 aliphatic heterocycles. The maximum absolute atomic E-state index is 9.17. The van der Waals surface area contributed by atoms with Crippen molar-refractivity contribution in [3.8, 4) is 0 Å². The van der Waals surface area contributed by atoms with Crippen molar-refractivity contribution in [3.05, 3.63) is 0 Å². The summed E-state index contributed by atoms with van der Waals surface area (Å²) in [4.78, 5) is 12.4. The lowest BCUT2D eigenvalue weighted by Gasteiger charge is -2.25. The van der Waals surface area contributed by atoms with Crippen LogP contribution in [0.4, 0.5) is 0 Å². The van der Waals surface area contributed by atoms with Crippen molar-refractivity contribution in [3.63, 3.8) is 0 Å². The summed E-state index contributed by atoms with van der Waals surface area (Å²) in [6.07, 6.45) is 0. The second-order valence-electron chi connectivity index (χ2n) is 6.39. The number of hydrogen-bond donors (Lipinski definition) is 2. The second kappa shape index (κ2) is 11.0. The molecule has 0 aliphatic carbocycles. The molecule has 10 heteroatoms. The monoisotopic (exact) mass is 406 g/mol. The summed E-state index contributed by atoms with van der Waals surface area (Å²) >= 11 is 12.3. The lowest BCUT2D eigenvalue weighted by atomic mass is 10.1. The van der Waals surface area contributed by atoms with E-state index in [2.05, 4.69) is 32.0 Å². The average Bonchev–Trinajstić information content (AvgIpc) is 3.25. The number of hydrogen-bond acceptors (Lipinski definition) is 8. The first-order chi connectivity index (χ1) is 12.6. The highest BCUT2D eigenvalue weighted by atomic mass is 35.5. The molecule has 0 amide bonds. The minimum Gasteiger partial charge on any atom is -0.395 e. The molecule has 0 aromatic heterocycles. The Morgan fingerprint density at radius 3 is 2.08 bits per heavy atom. The number of nitrogens with zero attached hydrogens (tertiary/aromatic N) is 6. The van der Waals surface area contributed by atoms with Crippen LogP contribution in [-0.4, -0.2) is 102 Å². The van der Waals surface area contributed by atoms with Gasteiger partial charge in [0.15, 0.2) is 0 Å². The number of aliphatic imine (C=N–C) groups is 2. The van der Waals surface area contributed by atoms with Crippen molar-refractivity contribution in [2.75, 3.05) is 65.6 Å². The zero-order valence-electron chi connectivity index (χ0n) is 15.1. The lowest BCUT2D eigenvalue weighted by Crippen LogP contribution is -2.39. The van der Waals surface area contributed by atoms with Crippen LogP contribution in [0.15, 0.2) is 20.2 Å². The molecule has 2 aliphatic rings. The molecule has 148 valence electrons. The fourth-order valence-electron chi connectivity index (χ4n) is 3.19. The Morgan fingerprint density at radius 1 is 0.962 bits per heavy atom. The van der Waals surface area contributed by atoms with E-state index in [1.165, 1.54) is 0 Å². The van der Waals surface area contributed by atoms with E-state index in [9.17, 15) is 0 Å². The van der Waals surface area contributed by atoms with E-state index in [0.29, 0.717) is 32.7 Å². The number of aliphatic hydroxyl groups excluding tert-OH is 2. The summed E-state index contributed by atoms with van der Waals surface area (Å²) < 4.78 is 0. The second-order valence-corrected chi connectivity index (χ2v) is 7.55. The van der Waals surface area contributed by atoms with Gasteiger partial charge in [0.1, 0.15) is 16.5 Å². The number of amidine groups is 2. The summed E-state index contributed by atoms with van der Waals surface area (Å²) in [5, 5.41) is 26.9. The van der Waals surface area contributed by atoms with Gasteiger partial charge in [0.05, 0.1) is 45.3 Å². The molecule has 0 saturated heterocycles. The molecule has 2 atom stereocenters. The Labute approximate surface area is 164 Å². The molecule has 0 fully saturated rings. The van der Waals surface area contributed by atoms with Crippen molar-refractivity contribution < 1.29 is 10.2 Å². The van der Waals surface area contributed by atoms with Gasteiger partial charge >= 0.3 is 0 Å². The zero-order valence-corrected chi connectivity index (χ0v) is 16.6. The fraction of sp³-hybridized carbons (Fsp3) is 0.875. The van der Waals surface area contributed by atoms with Crippen molar-refractivity contribution in [2.45, 2.75) is 11.8 Å². The minimum atomic E-state index is -0.635. The van der Waals surface area contributed by atoms with Crippen molar-refractivity contribution in [1.29, 1.82) is 0 Å². The maximum Gasteiger partial charge on any atom is 0.119 e. The largest absolute Gasteiger partial charge is 0.395 e. The third-order valence-corrected chi connectivity index (χ3v) is 5.09. The smallest absolute Gasteiger partial charge is 0.119 e. The predicted molar refractivity (Wildman–Crippen MR) is 105 cm³/mol. The van der Waals surface area contributed by atoms with E-state index < -0.39 is 4.84 Å². The highest BCUT2D eigenvalue weighted by Crippen LogP contribution is 2.22. The van der Waals surface area contributed by atoms with Gasteiger partial charge in [-0.1, -0.05) is 6.92 Å².